The minimum absolute atomic E-state index is 0.0350. The number of hydroxylamine groups is 1. The summed E-state index contributed by atoms with van der Waals surface area (Å²) in [7, 11) is -1.61. The number of piperazine rings is 1. The van der Waals surface area contributed by atoms with Crippen LogP contribution in [0.25, 0.3) is 0 Å². The number of halogens is 3. The number of benzene rings is 1. The fraction of sp³-hybridized carbons (Fsp3) is 0.533. The Morgan fingerprint density at radius 1 is 1.31 bits per heavy atom. The first-order valence-electron chi connectivity index (χ1n) is 7.79. The Morgan fingerprint density at radius 2 is 1.92 bits per heavy atom. The number of amides is 1. The van der Waals surface area contributed by atoms with E-state index in [4.69, 9.17) is 16.4 Å². The summed E-state index contributed by atoms with van der Waals surface area (Å²) in [5, 5.41) is -0.0350. The summed E-state index contributed by atoms with van der Waals surface area (Å²) in [5.74, 6) is -0.380. The molecule has 1 heterocycles. The summed E-state index contributed by atoms with van der Waals surface area (Å²) >= 11 is 5.98. The fourth-order valence-corrected chi connectivity index (χ4v) is 4.06. The monoisotopic (exact) mass is 411 g/mol. The van der Waals surface area contributed by atoms with Gasteiger partial charge in [-0.1, -0.05) is 16.1 Å². The molecular weight excluding hydrogens is 392 g/mol. The first-order valence-corrected chi connectivity index (χ1v) is 9.61. The van der Waals surface area contributed by atoms with Gasteiger partial charge in [0, 0.05) is 38.8 Å². The minimum atomic E-state index is -4.01. The van der Waals surface area contributed by atoms with Gasteiger partial charge in [-0.25, -0.2) is 17.2 Å². The molecule has 1 aliphatic heterocycles. The number of carbonyl (C=O) groups excluding carboxylic acids is 1. The van der Waals surface area contributed by atoms with Crippen LogP contribution in [-0.4, -0.2) is 81.9 Å². The van der Waals surface area contributed by atoms with Crippen molar-refractivity contribution in [2.75, 3.05) is 46.9 Å². The molecule has 0 aliphatic carbocycles. The van der Waals surface area contributed by atoms with E-state index in [0.717, 1.165) is 0 Å². The third-order valence-corrected chi connectivity index (χ3v) is 6.27. The SMILES string of the molecule is CON(C)S(=O)(=O)c1cc(C(=O)N2CCN(CC(F)F)CC2)ccc1Cl. The van der Waals surface area contributed by atoms with Crippen LogP contribution < -0.4 is 0 Å². The normalized spacial score (nSPS) is 16.5. The van der Waals surface area contributed by atoms with Gasteiger partial charge in [0.25, 0.3) is 22.4 Å². The van der Waals surface area contributed by atoms with Crippen molar-refractivity contribution in [2.24, 2.45) is 0 Å². The maximum Gasteiger partial charge on any atom is 0.266 e. The topological polar surface area (TPSA) is 70.2 Å². The second kappa shape index (κ2) is 8.57. The highest BCUT2D eigenvalue weighted by Gasteiger charge is 2.28. The van der Waals surface area contributed by atoms with E-state index in [1.54, 1.807) is 4.90 Å². The highest BCUT2D eigenvalue weighted by atomic mass is 35.5. The van der Waals surface area contributed by atoms with Gasteiger partial charge in [-0.15, -0.1) is 0 Å². The summed E-state index contributed by atoms with van der Waals surface area (Å²) < 4.78 is 50.3. The zero-order valence-electron chi connectivity index (χ0n) is 14.4. The molecule has 0 bridgehead atoms. The number of hydrogen-bond acceptors (Lipinski definition) is 5. The Balaban J connectivity index is 2.17. The molecule has 0 spiro atoms. The van der Waals surface area contributed by atoms with Crippen LogP contribution in [0.1, 0.15) is 10.4 Å². The number of alkyl halides is 2. The van der Waals surface area contributed by atoms with Gasteiger partial charge >= 0.3 is 0 Å². The van der Waals surface area contributed by atoms with Crippen LogP contribution in [-0.2, 0) is 14.9 Å². The molecule has 0 radical (unpaired) electrons. The van der Waals surface area contributed by atoms with Crippen LogP contribution in [0.3, 0.4) is 0 Å². The van der Waals surface area contributed by atoms with Crippen molar-refractivity contribution in [1.82, 2.24) is 14.3 Å². The lowest BCUT2D eigenvalue weighted by Crippen LogP contribution is -2.49. The third-order valence-electron chi connectivity index (χ3n) is 4.11. The molecule has 2 rings (SSSR count). The lowest BCUT2D eigenvalue weighted by atomic mass is 10.2. The molecule has 0 atom stereocenters. The van der Waals surface area contributed by atoms with Crippen molar-refractivity contribution >= 4 is 27.5 Å². The summed E-state index contributed by atoms with van der Waals surface area (Å²) in [6, 6.07) is 3.96. The van der Waals surface area contributed by atoms with Crippen molar-refractivity contribution in [3.63, 3.8) is 0 Å². The van der Waals surface area contributed by atoms with Gasteiger partial charge in [-0.05, 0) is 18.2 Å². The second-order valence-corrected chi connectivity index (χ2v) is 8.04. The Bertz CT molecular complexity index is 755. The van der Waals surface area contributed by atoms with Gasteiger partial charge in [-0.3, -0.25) is 14.5 Å². The van der Waals surface area contributed by atoms with E-state index < -0.39 is 16.4 Å². The van der Waals surface area contributed by atoms with Gasteiger partial charge < -0.3 is 4.90 Å². The molecule has 11 heteroatoms. The largest absolute Gasteiger partial charge is 0.336 e. The number of rotatable bonds is 6. The molecular formula is C15H20ClF2N3O4S. The molecule has 0 saturated carbocycles. The van der Waals surface area contributed by atoms with Crippen LogP contribution in [0.15, 0.2) is 23.1 Å². The number of carbonyl (C=O) groups is 1. The van der Waals surface area contributed by atoms with Gasteiger partial charge in [0.15, 0.2) is 0 Å². The molecule has 26 heavy (non-hydrogen) atoms. The van der Waals surface area contributed by atoms with Gasteiger partial charge in [0.2, 0.25) is 0 Å². The lowest BCUT2D eigenvalue weighted by Gasteiger charge is -2.34. The number of hydrogen-bond donors (Lipinski definition) is 0. The number of sulfonamides is 1. The molecule has 1 amide bonds. The highest BCUT2D eigenvalue weighted by molar-refractivity contribution is 7.89. The molecule has 0 unspecified atom stereocenters. The molecule has 1 aliphatic rings. The van der Waals surface area contributed by atoms with Crippen molar-refractivity contribution < 1.29 is 26.8 Å². The molecule has 1 aromatic carbocycles. The van der Waals surface area contributed by atoms with E-state index in [0.29, 0.717) is 17.6 Å². The van der Waals surface area contributed by atoms with Gasteiger partial charge in [0.05, 0.1) is 18.7 Å². The van der Waals surface area contributed by atoms with Crippen molar-refractivity contribution in [3.05, 3.63) is 28.8 Å². The quantitative estimate of drug-likeness (QED) is 0.664. The Labute approximate surface area is 156 Å². The van der Waals surface area contributed by atoms with Crippen LogP contribution in [0.5, 0.6) is 0 Å². The van der Waals surface area contributed by atoms with Gasteiger partial charge in [-0.2, -0.15) is 0 Å². The Kier molecular flexibility index (Phi) is 6.92. The molecule has 0 N–H and O–H groups in total. The minimum Gasteiger partial charge on any atom is -0.336 e. The molecule has 0 aromatic heterocycles. The van der Waals surface area contributed by atoms with Gasteiger partial charge in [0.1, 0.15) is 4.90 Å². The molecule has 1 saturated heterocycles. The molecule has 1 aromatic rings. The van der Waals surface area contributed by atoms with E-state index in [1.807, 2.05) is 0 Å². The fourth-order valence-electron chi connectivity index (χ4n) is 2.58. The van der Waals surface area contributed by atoms with E-state index in [1.165, 1.54) is 37.3 Å². The first-order chi connectivity index (χ1) is 12.2. The zero-order chi connectivity index (χ0) is 19.5. The average molecular weight is 412 g/mol. The maximum absolute atomic E-state index is 12.6. The lowest BCUT2D eigenvalue weighted by molar-refractivity contribution is -0.0258. The number of nitrogens with zero attached hydrogens (tertiary/aromatic N) is 3. The predicted molar refractivity (Wildman–Crippen MR) is 91.8 cm³/mol. The highest BCUT2D eigenvalue weighted by Crippen LogP contribution is 2.26. The van der Waals surface area contributed by atoms with Crippen molar-refractivity contribution in [2.45, 2.75) is 11.3 Å². The van der Waals surface area contributed by atoms with E-state index in [2.05, 4.69) is 0 Å². The van der Waals surface area contributed by atoms with E-state index in [-0.39, 0.29) is 41.0 Å². The standard InChI is InChI=1S/C15H20ClF2N3O4S/c1-19(25-2)26(23,24)13-9-11(3-4-12(13)16)15(22)21-7-5-20(6-8-21)10-14(17)18/h3-4,9,14H,5-8,10H2,1-2H3. The Morgan fingerprint density at radius 3 is 2.46 bits per heavy atom. The van der Waals surface area contributed by atoms with E-state index in [9.17, 15) is 22.0 Å². The van der Waals surface area contributed by atoms with Crippen molar-refractivity contribution in [3.8, 4) is 0 Å². The summed E-state index contributed by atoms with van der Waals surface area (Å²) in [6.45, 7) is 0.916. The summed E-state index contributed by atoms with van der Waals surface area (Å²) in [6.07, 6.45) is -2.42. The van der Waals surface area contributed by atoms with Crippen molar-refractivity contribution in [1.29, 1.82) is 0 Å². The van der Waals surface area contributed by atoms with Crippen LogP contribution >= 0.6 is 11.6 Å². The van der Waals surface area contributed by atoms with Crippen LogP contribution in [0.4, 0.5) is 8.78 Å². The smallest absolute Gasteiger partial charge is 0.266 e. The maximum atomic E-state index is 12.6. The van der Waals surface area contributed by atoms with Crippen LogP contribution in [0.2, 0.25) is 5.02 Å². The molecule has 7 nitrogen and oxygen atoms in total. The molecule has 146 valence electrons. The Hall–Kier alpha value is -1.33. The second-order valence-electron chi connectivity index (χ2n) is 5.73. The average Bonchev–Trinajstić information content (AvgIpc) is 2.60. The third kappa shape index (κ3) is 4.68. The van der Waals surface area contributed by atoms with Crippen LogP contribution in [0, 0.1) is 0 Å². The predicted octanol–water partition coefficient (Wildman–Crippen LogP) is 1.54. The first kappa shape index (κ1) is 21.0. The summed E-state index contributed by atoms with van der Waals surface area (Å²) in [4.78, 5) is 20.2. The summed E-state index contributed by atoms with van der Waals surface area (Å²) in [5.41, 5.74) is 0.153. The zero-order valence-corrected chi connectivity index (χ0v) is 15.9. The molecule has 1 fully saturated rings. The van der Waals surface area contributed by atoms with E-state index >= 15 is 0 Å².